The minimum atomic E-state index is -1.19. The molecular formula is C13H23N4O7S2Se. The summed E-state index contributed by atoms with van der Waals surface area (Å²) in [7, 11) is 0. The van der Waals surface area contributed by atoms with Crippen LogP contribution >= 0.6 is 25.3 Å². The first-order valence-electron chi connectivity index (χ1n) is 7.41. The van der Waals surface area contributed by atoms with Crippen LogP contribution in [-0.4, -0.2) is 90.8 Å². The first-order chi connectivity index (χ1) is 12.5. The van der Waals surface area contributed by atoms with E-state index in [0.717, 1.165) is 0 Å². The molecule has 0 aromatic heterocycles. The van der Waals surface area contributed by atoms with Crippen molar-refractivity contribution in [3.8, 4) is 0 Å². The number of hydrogen-bond acceptors (Lipinski definition) is 9. The van der Waals surface area contributed by atoms with E-state index in [1.54, 1.807) is 0 Å². The van der Waals surface area contributed by atoms with Crippen molar-refractivity contribution in [1.29, 1.82) is 0 Å². The Morgan fingerprint density at radius 2 is 1.56 bits per heavy atom. The average Bonchev–Trinajstić information content (AvgIpc) is 2.61. The molecule has 0 saturated heterocycles. The monoisotopic (exact) mass is 491 g/mol. The average molecular weight is 490 g/mol. The molecule has 0 aromatic carbocycles. The molecule has 8 N–H and O–H groups in total. The summed E-state index contributed by atoms with van der Waals surface area (Å²) in [5, 5.41) is 21.0. The van der Waals surface area contributed by atoms with Crippen LogP contribution in [0.15, 0.2) is 0 Å². The fraction of sp³-hybridized carbons (Fsp3) is 0.615. The molecule has 11 nitrogen and oxygen atoms in total. The zero-order valence-corrected chi connectivity index (χ0v) is 17.7. The van der Waals surface area contributed by atoms with E-state index in [1.165, 1.54) is 0 Å². The first-order valence-corrected chi connectivity index (χ1v) is 9.53. The Morgan fingerprint density at radius 3 is 1.89 bits per heavy atom. The number of hydrogen-bond donors (Lipinski definition) is 8. The Morgan fingerprint density at radius 1 is 1.00 bits per heavy atom. The molecule has 3 atom stereocenters. The zero-order valence-electron chi connectivity index (χ0n) is 14.2. The van der Waals surface area contributed by atoms with Crippen LogP contribution in [0.4, 0.5) is 0 Å². The Kier molecular flexibility index (Phi) is 16.2. The smallest absolute Gasteiger partial charge is 0.321 e. The summed E-state index contributed by atoms with van der Waals surface area (Å²) >= 11 is 9.79. The number of amides is 2. The van der Waals surface area contributed by atoms with Crippen LogP contribution in [0.3, 0.4) is 0 Å². The van der Waals surface area contributed by atoms with E-state index in [2.05, 4.69) is 51.9 Å². The summed E-state index contributed by atoms with van der Waals surface area (Å²) < 4.78 is -0.345. The van der Waals surface area contributed by atoms with E-state index in [0.29, 0.717) is 0 Å². The molecule has 0 aliphatic rings. The minimum Gasteiger partial charge on any atom is -0.480 e. The second kappa shape index (κ2) is 15.7. The van der Waals surface area contributed by atoms with Crippen LogP contribution in [0.5, 0.6) is 0 Å². The van der Waals surface area contributed by atoms with Gasteiger partial charge in [-0.15, -0.1) is 0 Å². The molecule has 0 aromatic rings. The van der Waals surface area contributed by atoms with Crippen molar-refractivity contribution in [2.75, 3.05) is 18.1 Å². The van der Waals surface area contributed by atoms with Gasteiger partial charge in [0.15, 0.2) is 0 Å². The van der Waals surface area contributed by atoms with Crippen molar-refractivity contribution in [3.05, 3.63) is 0 Å². The molecule has 0 fully saturated rings. The quantitative estimate of drug-likeness (QED) is 0.108. The molecule has 155 valence electrons. The summed E-state index contributed by atoms with van der Waals surface area (Å²) in [6.45, 7) is -0.538. The Bertz CT molecular complexity index is 539. The minimum absolute atomic E-state index is 0.0176. The number of carboxylic acids is 2. The number of carboxylic acid groups (broad SMARTS) is 2. The number of nitrogens with two attached hydrogens (primary N) is 2. The largest absolute Gasteiger partial charge is 0.480 e. The number of rotatable bonds is 11. The molecule has 1 radical (unpaired) electrons. The molecule has 0 spiro atoms. The van der Waals surface area contributed by atoms with Gasteiger partial charge in [0, 0.05) is 5.75 Å². The van der Waals surface area contributed by atoms with Gasteiger partial charge < -0.3 is 10.8 Å². The van der Waals surface area contributed by atoms with Crippen molar-refractivity contribution >= 4 is 69.7 Å². The van der Waals surface area contributed by atoms with Gasteiger partial charge in [-0.2, -0.15) is 12.6 Å². The van der Waals surface area contributed by atoms with Gasteiger partial charge >= 0.3 is 135 Å². The molecular weight excluding hydrogens is 467 g/mol. The van der Waals surface area contributed by atoms with Gasteiger partial charge in [0.2, 0.25) is 0 Å². The van der Waals surface area contributed by atoms with Gasteiger partial charge in [-0.05, 0) is 0 Å². The maximum Gasteiger partial charge on any atom is 0.321 e. The fourth-order valence-electron chi connectivity index (χ4n) is 1.23. The second-order valence-electron chi connectivity index (χ2n) is 5.01. The summed E-state index contributed by atoms with van der Waals surface area (Å²) in [4.78, 5) is 54.0. The van der Waals surface area contributed by atoms with E-state index in [1.807, 2.05) is 0 Å². The zero-order chi connectivity index (χ0) is 21.6. The standard InChI is InChI=1S/C10H16N3O5SSe.C3H7NO2S/c11-5(10(18)20)1-2-7(14)13-6(4-19)9(17)12-3-8(15)16;4-2(1-7)3(5)6/h5-6,19H,1-4,11H2,(H,12,17)(H,13,14)(H,15,16);2,7H,1,4H2,(H,5,6)/t5-,6-;2-/m00/s1. The summed E-state index contributed by atoms with van der Waals surface area (Å²) in [6.07, 6.45) is 0.124. The van der Waals surface area contributed by atoms with Crippen LogP contribution < -0.4 is 22.1 Å². The topological polar surface area (TPSA) is 202 Å². The molecule has 0 aliphatic carbocycles. The number of thiol groups is 2. The van der Waals surface area contributed by atoms with Gasteiger partial charge in [-0.3, -0.25) is 4.79 Å². The normalized spacial score (nSPS) is 13.2. The van der Waals surface area contributed by atoms with E-state index < -0.39 is 48.4 Å². The Balaban J connectivity index is 0. The van der Waals surface area contributed by atoms with Crippen molar-refractivity contribution in [3.63, 3.8) is 0 Å². The Labute approximate surface area is 175 Å². The number of aliphatic carboxylic acids is 2. The Hall–Kier alpha value is -1.31. The van der Waals surface area contributed by atoms with Crippen molar-refractivity contribution in [1.82, 2.24) is 10.6 Å². The molecule has 14 heteroatoms. The van der Waals surface area contributed by atoms with Gasteiger partial charge in [0.05, 0.1) is 0 Å². The van der Waals surface area contributed by atoms with Gasteiger partial charge in [0.1, 0.15) is 6.04 Å². The van der Waals surface area contributed by atoms with E-state index in [4.69, 9.17) is 21.7 Å². The van der Waals surface area contributed by atoms with Crippen LogP contribution in [0.2, 0.25) is 0 Å². The van der Waals surface area contributed by atoms with Gasteiger partial charge in [-0.25, -0.2) is 0 Å². The summed E-state index contributed by atoms with van der Waals surface area (Å²) in [6, 6.07) is -2.52. The molecule has 0 saturated carbocycles. The van der Waals surface area contributed by atoms with E-state index >= 15 is 0 Å². The van der Waals surface area contributed by atoms with Crippen LogP contribution in [-0.2, 0) is 24.0 Å². The van der Waals surface area contributed by atoms with Crippen LogP contribution in [0.1, 0.15) is 12.8 Å². The van der Waals surface area contributed by atoms with Gasteiger partial charge in [0.25, 0.3) is 0 Å². The molecule has 0 unspecified atom stereocenters. The predicted molar refractivity (Wildman–Crippen MR) is 104 cm³/mol. The third-order valence-electron chi connectivity index (χ3n) is 2.75. The fourth-order valence-corrected chi connectivity index (χ4v) is 1.89. The van der Waals surface area contributed by atoms with E-state index in [-0.39, 0.29) is 29.0 Å². The number of nitrogens with one attached hydrogen (secondary N) is 2. The molecule has 0 heterocycles. The van der Waals surface area contributed by atoms with Crippen molar-refractivity contribution in [2.45, 2.75) is 31.0 Å². The predicted octanol–water partition coefficient (Wildman–Crippen LogP) is -3.27. The second-order valence-corrected chi connectivity index (χ2v) is 6.58. The molecule has 27 heavy (non-hydrogen) atoms. The van der Waals surface area contributed by atoms with Crippen molar-refractivity contribution in [2.24, 2.45) is 11.5 Å². The first kappa shape index (κ1) is 27.9. The molecule has 0 rings (SSSR count). The summed E-state index contributed by atoms with van der Waals surface area (Å²) in [5.74, 6) is -3.09. The summed E-state index contributed by atoms with van der Waals surface area (Å²) in [5.41, 5.74) is 10.4. The number of carbonyl (C=O) groups excluding carboxylic acids is 3. The molecule has 2 amide bonds. The van der Waals surface area contributed by atoms with Crippen LogP contribution in [0, 0.1) is 0 Å². The maximum atomic E-state index is 11.6. The maximum absolute atomic E-state index is 11.6. The van der Waals surface area contributed by atoms with E-state index in [9.17, 15) is 24.0 Å². The molecule has 0 bridgehead atoms. The van der Waals surface area contributed by atoms with Crippen LogP contribution in [0.25, 0.3) is 0 Å². The SMILES string of the molecule is N[C@@H](CCC(=O)N[C@@H](CS)C(=O)NCC(=O)O)C(=O)[Se].N[C@@H](CS)C(=O)O. The van der Waals surface area contributed by atoms with Crippen molar-refractivity contribution < 1.29 is 34.2 Å². The van der Waals surface area contributed by atoms with Gasteiger partial charge in [-0.1, -0.05) is 0 Å². The number of carbonyl (C=O) groups is 5. The third-order valence-corrected chi connectivity index (χ3v) is 4.14. The third kappa shape index (κ3) is 15.4. The molecule has 0 aliphatic heterocycles.